The van der Waals surface area contributed by atoms with Gasteiger partial charge in [0.05, 0.1) is 11.6 Å². The Kier molecular flexibility index (Phi) is 3.46. The fourth-order valence-corrected chi connectivity index (χ4v) is 1.70. The van der Waals surface area contributed by atoms with Crippen molar-refractivity contribution in [1.82, 2.24) is 10.3 Å². The minimum atomic E-state index is -0.231. The number of hydrogen-bond donors (Lipinski definition) is 2. The first kappa shape index (κ1) is 11.0. The van der Waals surface area contributed by atoms with Gasteiger partial charge >= 0.3 is 0 Å². The van der Waals surface area contributed by atoms with Crippen LogP contribution < -0.4 is 11.1 Å². The van der Waals surface area contributed by atoms with E-state index < -0.39 is 0 Å². The molecule has 14 heavy (non-hydrogen) atoms. The van der Waals surface area contributed by atoms with Crippen molar-refractivity contribution in [2.75, 3.05) is 5.73 Å². The molecule has 0 aliphatic rings. The number of amides is 1. The lowest BCUT2D eigenvalue weighted by atomic mass is 10.1. The van der Waals surface area contributed by atoms with E-state index in [1.54, 1.807) is 0 Å². The minimum absolute atomic E-state index is 0.00898. The Morgan fingerprint density at radius 3 is 2.64 bits per heavy atom. The minimum Gasteiger partial charge on any atom is -0.375 e. The Morgan fingerprint density at radius 1 is 1.57 bits per heavy atom. The number of carbonyl (C=O) groups excluding carboxylic acids is 1. The number of nitrogens with two attached hydrogens (primary N) is 1. The van der Waals surface area contributed by atoms with Gasteiger partial charge in [-0.1, -0.05) is 0 Å². The molecule has 0 spiro atoms. The van der Waals surface area contributed by atoms with E-state index in [1.165, 1.54) is 11.3 Å². The van der Waals surface area contributed by atoms with E-state index in [1.807, 2.05) is 26.2 Å². The lowest BCUT2D eigenvalue weighted by Gasteiger charge is -2.12. The van der Waals surface area contributed by atoms with Crippen LogP contribution in [-0.2, 0) is 4.79 Å². The number of rotatable bonds is 3. The van der Waals surface area contributed by atoms with Crippen LogP contribution in [0.25, 0.3) is 0 Å². The SMILES string of the molecule is CC(C)NC(=O)C(C)c1csc(N)n1. The van der Waals surface area contributed by atoms with Gasteiger partial charge in [-0.2, -0.15) is 0 Å². The lowest BCUT2D eigenvalue weighted by molar-refractivity contribution is -0.122. The van der Waals surface area contributed by atoms with Crippen LogP contribution in [0.1, 0.15) is 32.4 Å². The molecule has 1 atom stereocenters. The molecule has 1 heterocycles. The Morgan fingerprint density at radius 2 is 2.21 bits per heavy atom. The van der Waals surface area contributed by atoms with Gasteiger partial charge in [-0.25, -0.2) is 4.98 Å². The third-order valence-electron chi connectivity index (χ3n) is 1.81. The standard InChI is InChI=1S/C9H15N3OS/c1-5(2)11-8(13)6(3)7-4-14-9(10)12-7/h4-6H,1-3H3,(H2,10,12)(H,11,13). The summed E-state index contributed by atoms with van der Waals surface area (Å²) in [7, 11) is 0. The van der Waals surface area contributed by atoms with Crippen LogP contribution in [0.4, 0.5) is 5.13 Å². The first-order chi connectivity index (χ1) is 6.50. The second-order valence-corrected chi connectivity index (χ2v) is 4.39. The molecular formula is C9H15N3OS. The average Bonchev–Trinajstić information content (AvgIpc) is 2.49. The van der Waals surface area contributed by atoms with Gasteiger partial charge in [0.15, 0.2) is 5.13 Å². The van der Waals surface area contributed by atoms with E-state index in [2.05, 4.69) is 10.3 Å². The van der Waals surface area contributed by atoms with Crippen LogP contribution >= 0.6 is 11.3 Å². The third-order valence-corrected chi connectivity index (χ3v) is 2.50. The average molecular weight is 213 g/mol. The van der Waals surface area contributed by atoms with Crippen molar-refractivity contribution in [3.8, 4) is 0 Å². The number of anilines is 1. The van der Waals surface area contributed by atoms with E-state index >= 15 is 0 Å². The number of carbonyl (C=O) groups is 1. The highest BCUT2D eigenvalue weighted by atomic mass is 32.1. The number of thiazole rings is 1. The molecule has 78 valence electrons. The molecule has 1 aromatic heterocycles. The maximum atomic E-state index is 11.6. The summed E-state index contributed by atoms with van der Waals surface area (Å²) in [6.07, 6.45) is 0. The van der Waals surface area contributed by atoms with Crippen LogP contribution in [0.15, 0.2) is 5.38 Å². The fraction of sp³-hybridized carbons (Fsp3) is 0.556. The van der Waals surface area contributed by atoms with E-state index in [9.17, 15) is 4.79 Å². The summed E-state index contributed by atoms with van der Waals surface area (Å²) in [5.41, 5.74) is 6.23. The highest BCUT2D eigenvalue weighted by molar-refractivity contribution is 7.13. The molecule has 0 fully saturated rings. The molecule has 0 saturated carbocycles. The quantitative estimate of drug-likeness (QED) is 0.796. The van der Waals surface area contributed by atoms with Gasteiger partial charge < -0.3 is 11.1 Å². The number of hydrogen-bond acceptors (Lipinski definition) is 4. The van der Waals surface area contributed by atoms with Gasteiger partial charge in [-0.15, -0.1) is 11.3 Å². The summed E-state index contributed by atoms with van der Waals surface area (Å²) < 4.78 is 0. The van der Waals surface area contributed by atoms with E-state index in [0.29, 0.717) is 5.13 Å². The van der Waals surface area contributed by atoms with Crippen molar-refractivity contribution in [2.24, 2.45) is 0 Å². The molecule has 1 aromatic rings. The van der Waals surface area contributed by atoms with Crippen molar-refractivity contribution in [1.29, 1.82) is 0 Å². The molecule has 1 amide bonds. The molecular weight excluding hydrogens is 198 g/mol. The van der Waals surface area contributed by atoms with Crippen molar-refractivity contribution < 1.29 is 4.79 Å². The number of nitrogen functional groups attached to an aromatic ring is 1. The summed E-state index contributed by atoms with van der Waals surface area (Å²) in [5, 5.41) is 5.16. The van der Waals surface area contributed by atoms with Gasteiger partial charge in [0, 0.05) is 11.4 Å². The summed E-state index contributed by atoms with van der Waals surface area (Å²) in [6, 6.07) is 0.154. The fourth-order valence-electron chi connectivity index (χ4n) is 1.04. The molecule has 0 radical (unpaired) electrons. The van der Waals surface area contributed by atoms with E-state index in [-0.39, 0.29) is 17.9 Å². The number of nitrogens with zero attached hydrogens (tertiary/aromatic N) is 1. The Bertz CT molecular complexity index is 322. The maximum absolute atomic E-state index is 11.6. The van der Waals surface area contributed by atoms with Crippen molar-refractivity contribution in [2.45, 2.75) is 32.7 Å². The second-order valence-electron chi connectivity index (χ2n) is 3.50. The lowest BCUT2D eigenvalue weighted by Crippen LogP contribution is -2.33. The van der Waals surface area contributed by atoms with Crippen LogP contribution in [0.3, 0.4) is 0 Å². The number of aromatic nitrogens is 1. The summed E-state index contributed by atoms with van der Waals surface area (Å²) >= 11 is 1.36. The van der Waals surface area contributed by atoms with Crippen LogP contribution in [0, 0.1) is 0 Å². The molecule has 1 rings (SSSR count). The molecule has 0 aromatic carbocycles. The molecule has 0 aliphatic carbocycles. The molecule has 0 aliphatic heterocycles. The van der Waals surface area contributed by atoms with Crippen LogP contribution in [0.2, 0.25) is 0 Å². The van der Waals surface area contributed by atoms with Gasteiger partial charge in [-0.05, 0) is 20.8 Å². The zero-order valence-electron chi connectivity index (χ0n) is 8.57. The molecule has 0 bridgehead atoms. The smallest absolute Gasteiger partial charge is 0.229 e. The Balaban J connectivity index is 2.65. The van der Waals surface area contributed by atoms with Crippen LogP contribution in [-0.4, -0.2) is 16.9 Å². The Hall–Kier alpha value is -1.10. The first-order valence-corrected chi connectivity index (χ1v) is 5.40. The predicted molar refractivity (Wildman–Crippen MR) is 58.2 cm³/mol. The molecule has 1 unspecified atom stereocenters. The summed E-state index contributed by atoms with van der Waals surface area (Å²) in [6.45, 7) is 5.69. The zero-order chi connectivity index (χ0) is 10.7. The van der Waals surface area contributed by atoms with Crippen molar-refractivity contribution in [3.63, 3.8) is 0 Å². The van der Waals surface area contributed by atoms with Gasteiger partial charge in [-0.3, -0.25) is 4.79 Å². The van der Waals surface area contributed by atoms with Crippen LogP contribution in [0.5, 0.6) is 0 Å². The van der Waals surface area contributed by atoms with Gasteiger partial charge in [0.1, 0.15) is 0 Å². The maximum Gasteiger partial charge on any atom is 0.229 e. The predicted octanol–water partition coefficient (Wildman–Crippen LogP) is 1.35. The summed E-state index contributed by atoms with van der Waals surface area (Å²) in [4.78, 5) is 15.7. The molecule has 4 nitrogen and oxygen atoms in total. The first-order valence-electron chi connectivity index (χ1n) is 4.52. The molecule has 0 saturated heterocycles. The van der Waals surface area contributed by atoms with E-state index in [4.69, 9.17) is 5.73 Å². The van der Waals surface area contributed by atoms with Gasteiger partial charge in [0.25, 0.3) is 0 Å². The van der Waals surface area contributed by atoms with Crippen molar-refractivity contribution in [3.05, 3.63) is 11.1 Å². The third kappa shape index (κ3) is 2.70. The topological polar surface area (TPSA) is 68.0 Å². The Labute approximate surface area is 87.5 Å². The molecule has 5 heteroatoms. The highest BCUT2D eigenvalue weighted by Gasteiger charge is 2.18. The van der Waals surface area contributed by atoms with Gasteiger partial charge in [0.2, 0.25) is 5.91 Å². The normalized spacial score (nSPS) is 12.9. The monoisotopic (exact) mass is 213 g/mol. The van der Waals surface area contributed by atoms with Crippen molar-refractivity contribution >= 4 is 22.4 Å². The molecule has 3 N–H and O–H groups in total. The summed E-state index contributed by atoms with van der Waals surface area (Å²) in [5.74, 6) is -0.240. The second kappa shape index (κ2) is 4.41. The van der Waals surface area contributed by atoms with E-state index in [0.717, 1.165) is 5.69 Å². The largest absolute Gasteiger partial charge is 0.375 e. The highest BCUT2D eigenvalue weighted by Crippen LogP contribution is 2.19. The number of nitrogens with one attached hydrogen (secondary N) is 1. The zero-order valence-corrected chi connectivity index (χ0v) is 9.39.